The lowest BCUT2D eigenvalue weighted by atomic mass is 10.2. The molecular weight excluding hydrogens is 308 g/mol. The number of phenolic OH excluding ortho intramolecular Hbond substituents is 1. The Kier molecular flexibility index (Phi) is 4.34. The van der Waals surface area contributed by atoms with E-state index in [0.29, 0.717) is 5.75 Å². The number of hydrazine groups is 1. The highest BCUT2D eigenvalue weighted by Gasteiger charge is 2.27. The molecule has 0 fully saturated rings. The number of nitrogens with two attached hydrogens (primary N) is 1. The zero-order valence-electron chi connectivity index (χ0n) is 11.6. The first-order valence-corrected chi connectivity index (χ1v) is 7.57. The fourth-order valence-electron chi connectivity index (χ4n) is 1.70. The monoisotopic (exact) mass is 322 g/mol. The van der Waals surface area contributed by atoms with Gasteiger partial charge in [0.1, 0.15) is 11.5 Å². The Morgan fingerprint density at radius 3 is 2.14 bits per heavy atom. The van der Waals surface area contributed by atoms with Gasteiger partial charge in [0.05, 0.1) is 12.0 Å². The summed E-state index contributed by atoms with van der Waals surface area (Å²) >= 11 is 0. The van der Waals surface area contributed by atoms with Gasteiger partial charge >= 0.3 is 0 Å². The van der Waals surface area contributed by atoms with Crippen molar-refractivity contribution in [3.8, 4) is 11.5 Å². The third kappa shape index (κ3) is 3.02. The van der Waals surface area contributed by atoms with Gasteiger partial charge in [-0.3, -0.25) is 4.79 Å². The molecule has 1 amide bonds. The van der Waals surface area contributed by atoms with Crippen molar-refractivity contribution in [3.63, 3.8) is 0 Å². The molecule has 0 aliphatic rings. The number of carbonyl (C=O) groups is 1. The highest BCUT2D eigenvalue weighted by atomic mass is 32.2. The standard InChI is InChI=1S/C14H14N2O5S/c1-21-12-6-8-13(9-7-12)22(19,20)16(15)14(18)10-2-4-11(17)5-3-10/h2-9,17H,15H2,1H3. The van der Waals surface area contributed by atoms with Gasteiger partial charge in [-0.2, -0.15) is 12.8 Å². The van der Waals surface area contributed by atoms with Crippen molar-refractivity contribution >= 4 is 15.9 Å². The van der Waals surface area contributed by atoms with Crippen LogP contribution in [0.3, 0.4) is 0 Å². The minimum Gasteiger partial charge on any atom is -0.508 e. The highest BCUT2D eigenvalue weighted by molar-refractivity contribution is 7.89. The molecule has 0 bridgehead atoms. The minimum atomic E-state index is -4.18. The average molecular weight is 322 g/mol. The van der Waals surface area contributed by atoms with Gasteiger partial charge in [-0.25, -0.2) is 5.84 Å². The van der Waals surface area contributed by atoms with E-state index in [-0.39, 0.29) is 20.6 Å². The molecule has 0 aromatic heterocycles. The first kappa shape index (κ1) is 15.8. The van der Waals surface area contributed by atoms with Crippen molar-refractivity contribution in [2.75, 3.05) is 7.11 Å². The van der Waals surface area contributed by atoms with Gasteiger partial charge in [-0.15, -0.1) is 0 Å². The lowest BCUT2D eigenvalue weighted by molar-refractivity contribution is 0.0861. The summed E-state index contributed by atoms with van der Waals surface area (Å²) in [5, 5.41) is 9.18. The van der Waals surface area contributed by atoms with E-state index in [1.165, 1.54) is 55.6 Å². The van der Waals surface area contributed by atoms with E-state index < -0.39 is 15.9 Å². The molecule has 8 heteroatoms. The quantitative estimate of drug-likeness (QED) is 0.495. The largest absolute Gasteiger partial charge is 0.508 e. The van der Waals surface area contributed by atoms with Crippen molar-refractivity contribution in [2.45, 2.75) is 4.90 Å². The number of sulfonamides is 1. The van der Waals surface area contributed by atoms with Crippen LogP contribution in [0.4, 0.5) is 0 Å². The highest BCUT2D eigenvalue weighted by Crippen LogP contribution is 2.19. The molecule has 0 unspecified atom stereocenters. The second-order valence-electron chi connectivity index (χ2n) is 4.33. The Balaban J connectivity index is 2.31. The maximum absolute atomic E-state index is 12.3. The first-order chi connectivity index (χ1) is 10.4. The molecule has 0 saturated heterocycles. The Morgan fingerprint density at radius 1 is 1.09 bits per heavy atom. The summed E-state index contributed by atoms with van der Waals surface area (Å²) in [6.07, 6.45) is 0. The van der Waals surface area contributed by atoms with E-state index in [1.54, 1.807) is 0 Å². The molecule has 2 rings (SSSR count). The number of rotatable bonds is 4. The molecule has 0 atom stereocenters. The van der Waals surface area contributed by atoms with Crippen LogP contribution in [0, 0.1) is 0 Å². The number of ether oxygens (including phenoxy) is 1. The van der Waals surface area contributed by atoms with Crippen LogP contribution in [0.25, 0.3) is 0 Å². The van der Waals surface area contributed by atoms with E-state index >= 15 is 0 Å². The summed E-state index contributed by atoms with van der Waals surface area (Å²) in [5.74, 6) is 5.00. The third-order valence-corrected chi connectivity index (χ3v) is 4.48. The molecule has 2 aromatic carbocycles. The molecule has 0 radical (unpaired) electrons. The Labute approximate surface area is 127 Å². The molecule has 7 nitrogen and oxygen atoms in total. The second kappa shape index (κ2) is 6.04. The van der Waals surface area contributed by atoms with Crippen LogP contribution in [0.1, 0.15) is 10.4 Å². The van der Waals surface area contributed by atoms with Crippen molar-refractivity contribution in [3.05, 3.63) is 54.1 Å². The van der Waals surface area contributed by atoms with Gasteiger partial charge in [-0.1, -0.05) is 0 Å². The normalized spacial score (nSPS) is 11.0. The maximum Gasteiger partial charge on any atom is 0.282 e. The van der Waals surface area contributed by atoms with E-state index in [2.05, 4.69) is 0 Å². The molecular formula is C14H14N2O5S. The second-order valence-corrected chi connectivity index (χ2v) is 6.14. The summed E-state index contributed by atoms with van der Waals surface area (Å²) in [4.78, 5) is 12.0. The fraction of sp³-hybridized carbons (Fsp3) is 0.0714. The zero-order chi connectivity index (χ0) is 16.3. The van der Waals surface area contributed by atoms with Crippen LogP contribution >= 0.6 is 0 Å². The molecule has 0 heterocycles. The molecule has 0 aliphatic carbocycles. The van der Waals surface area contributed by atoms with Crippen molar-refractivity contribution in [1.29, 1.82) is 0 Å². The molecule has 0 saturated carbocycles. The SMILES string of the molecule is COc1ccc(S(=O)(=O)N(N)C(=O)c2ccc(O)cc2)cc1. The van der Waals surface area contributed by atoms with E-state index in [1.807, 2.05) is 0 Å². The van der Waals surface area contributed by atoms with Crippen LogP contribution in [0.5, 0.6) is 11.5 Å². The van der Waals surface area contributed by atoms with E-state index in [4.69, 9.17) is 10.6 Å². The molecule has 22 heavy (non-hydrogen) atoms. The van der Waals surface area contributed by atoms with E-state index in [0.717, 1.165) is 0 Å². The number of benzene rings is 2. The molecule has 0 spiro atoms. The minimum absolute atomic E-state index is 0.0392. The first-order valence-electron chi connectivity index (χ1n) is 6.13. The maximum atomic E-state index is 12.3. The van der Waals surface area contributed by atoms with Crippen molar-refractivity contribution in [1.82, 2.24) is 4.41 Å². The summed E-state index contributed by atoms with van der Waals surface area (Å²) in [5.41, 5.74) is 0.0392. The van der Waals surface area contributed by atoms with Crippen molar-refractivity contribution in [2.24, 2.45) is 5.84 Å². The fourth-order valence-corrected chi connectivity index (χ4v) is 2.73. The average Bonchev–Trinajstić information content (AvgIpc) is 2.54. The van der Waals surface area contributed by atoms with Crippen LogP contribution in [-0.2, 0) is 10.0 Å². The zero-order valence-corrected chi connectivity index (χ0v) is 12.4. The van der Waals surface area contributed by atoms with Gasteiger partial charge < -0.3 is 9.84 Å². The molecule has 3 N–H and O–H groups in total. The number of nitrogens with zero attached hydrogens (tertiary/aromatic N) is 1. The summed E-state index contributed by atoms with van der Waals surface area (Å²) in [6, 6.07) is 10.6. The summed E-state index contributed by atoms with van der Waals surface area (Å²) in [7, 11) is -2.73. The van der Waals surface area contributed by atoms with Gasteiger partial charge in [-0.05, 0) is 48.5 Å². The number of methoxy groups -OCH3 is 1. The van der Waals surface area contributed by atoms with Crippen LogP contribution in [-0.4, -0.2) is 31.0 Å². The van der Waals surface area contributed by atoms with Gasteiger partial charge in [0.15, 0.2) is 0 Å². The van der Waals surface area contributed by atoms with Crippen LogP contribution in [0.15, 0.2) is 53.4 Å². The smallest absolute Gasteiger partial charge is 0.282 e. The summed E-state index contributed by atoms with van der Waals surface area (Å²) < 4.78 is 29.7. The Hall–Kier alpha value is -2.58. The lowest BCUT2D eigenvalue weighted by Gasteiger charge is -2.17. The topological polar surface area (TPSA) is 110 Å². The number of aromatic hydroxyl groups is 1. The van der Waals surface area contributed by atoms with Crippen LogP contribution < -0.4 is 10.6 Å². The predicted molar refractivity (Wildman–Crippen MR) is 78.6 cm³/mol. The number of hydrogen-bond donors (Lipinski definition) is 2. The predicted octanol–water partition coefficient (Wildman–Crippen LogP) is 1.11. The van der Waals surface area contributed by atoms with Crippen LogP contribution in [0.2, 0.25) is 0 Å². The molecule has 2 aromatic rings. The Morgan fingerprint density at radius 2 is 1.64 bits per heavy atom. The van der Waals surface area contributed by atoms with Gasteiger partial charge in [0, 0.05) is 5.56 Å². The number of carbonyl (C=O) groups excluding carboxylic acids is 1. The third-order valence-electron chi connectivity index (χ3n) is 2.93. The van der Waals surface area contributed by atoms with Gasteiger partial charge in [0.25, 0.3) is 15.9 Å². The number of amides is 1. The van der Waals surface area contributed by atoms with Gasteiger partial charge in [0.2, 0.25) is 0 Å². The number of phenols is 1. The Bertz CT molecular complexity index is 770. The van der Waals surface area contributed by atoms with Crippen molar-refractivity contribution < 1.29 is 23.1 Å². The summed E-state index contributed by atoms with van der Waals surface area (Å²) in [6.45, 7) is 0. The lowest BCUT2D eigenvalue weighted by Crippen LogP contribution is -2.42. The van der Waals surface area contributed by atoms with E-state index in [9.17, 15) is 18.3 Å². The number of hydrogen-bond acceptors (Lipinski definition) is 6. The molecule has 116 valence electrons. The molecule has 0 aliphatic heterocycles.